The lowest BCUT2D eigenvalue weighted by Crippen LogP contribution is -1.99. The molecule has 0 unspecified atom stereocenters. The van der Waals surface area contributed by atoms with Crippen molar-refractivity contribution in [2.75, 3.05) is 13.7 Å². The van der Waals surface area contributed by atoms with Crippen LogP contribution in [0.2, 0.25) is 0 Å². The Balaban J connectivity index is 1.78. The SMILES string of the molecule is C=C(C)COc1ccc(-c2c3c[nH][nH]c3nc3c2oc2cc(=O)ccc23)cc1OC. The Morgan fingerprint density at radius 2 is 2.03 bits per heavy atom. The van der Waals surface area contributed by atoms with Gasteiger partial charge < -0.3 is 19.0 Å². The summed E-state index contributed by atoms with van der Waals surface area (Å²) in [6.45, 7) is 6.18. The maximum Gasteiger partial charge on any atom is 0.182 e. The minimum absolute atomic E-state index is 0.109. The molecule has 0 aliphatic heterocycles. The number of hydrogen-bond acceptors (Lipinski definition) is 5. The van der Waals surface area contributed by atoms with Gasteiger partial charge in [0.2, 0.25) is 0 Å². The van der Waals surface area contributed by atoms with E-state index in [2.05, 4.69) is 16.8 Å². The van der Waals surface area contributed by atoms with Gasteiger partial charge in [0.1, 0.15) is 17.7 Å². The fraction of sp³-hybridized carbons (Fsp3) is 0.130. The van der Waals surface area contributed by atoms with Gasteiger partial charge in [0.05, 0.1) is 7.11 Å². The fourth-order valence-electron chi connectivity index (χ4n) is 3.60. The normalized spacial score (nSPS) is 11.4. The van der Waals surface area contributed by atoms with Gasteiger partial charge in [0.25, 0.3) is 0 Å². The molecule has 0 spiro atoms. The van der Waals surface area contributed by atoms with Gasteiger partial charge in [-0.1, -0.05) is 12.6 Å². The third-order valence-electron chi connectivity index (χ3n) is 4.94. The number of nitrogens with one attached hydrogen (secondary N) is 2. The molecule has 3 heterocycles. The van der Waals surface area contributed by atoms with Gasteiger partial charge in [0, 0.05) is 28.6 Å². The van der Waals surface area contributed by atoms with Crippen molar-refractivity contribution >= 4 is 33.1 Å². The summed E-state index contributed by atoms with van der Waals surface area (Å²) in [4.78, 5) is 16.5. The van der Waals surface area contributed by atoms with E-state index in [9.17, 15) is 4.79 Å². The van der Waals surface area contributed by atoms with Gasteiger partial charge >= 0.3 is 0 Å². The highest BCUT2D eigenvalue weighted by atomic mass is 16.5. The summed E-state index contributed by atoms with van der Waals surface area (Å²) in [5, 5.41) is 7.70. The van der Waals surface area contributed by atoms with Gasteiger partial charge in [-0.15, -0.1) is 0 Å². The molecule has 2 N–H and O–H groups in total. The van der Waals surface area contributed by atoms with E-state index in [4.69, 9.17) is 18.9 Å². The van der Waals surface area contributed by atoms with E-state index < -0.39 is 0 Å². The summed E-state index contributed by atoms with van der Waals surface area (Å²) in [5.74, 6) is 1.23. The van der Waals surface area contributed by atoms with Crippen LogP contribution in [0.3, 0.4) is 0 Å². The van der Waals surface area contributed by atoms with Crippen LogP contribution in [0.25, 0.3) is 44.2 Å². The summed E-state index contributed by atoms with van der Waals surface area (Å²) >= 11 is 0. The van der Waals surface area contributed by atoms with Crippen molar-refractivity contribution in [2.45, 2.75) is 6.92 Å². The Morgan fingerprint density at radius 1 is 1.17 bits per heavy atom. The summed E-state index contributed by atoms with van der Waals surface area (Å²) in [5.41, 5.74) is 5.02. The maximum atomic E-state index is 11.8. The van der Waals surface area contributed by atoms with Crippen LogP contribution in [0.4, 0.5) is 0 Å². The monoisotopic (exact) mass is 401 g/mol. The molecular formula is C23H19N3O4. The molecule has 0 atom stereocenters. The Morgan fingerprint density at radius 3 is 2.83 bits per heavy atom. The Labute approximate surface area is 170 Å². The number of benzene rings is 2. The number of H-pyrrole nitrogens is 2. The number of aromatic amines is 2. The molecule has 5 rings (SSSR count). The number of fused-ring (bicyclic) bond motifs is 4. The molecule has 0 saturated heterocycles. The minimum atomic E-state index is -0.109. The van der Waals surface area contributed by atoms with Crippen molar-refractivity contribution in [1.29, 1.82) is 0 Å². The second kappa shape index (κ2) is 6.81. The van der Waals surface area contributed by atoms with Gasteiger partial charge in [-0.05, 0) is 42.3 Å². The molecule has 7 nitrogen and oxygen atoms in total. The van der Waals surface area contributed by atoms with E-state index in [-0.39, 0.29) is 5.43 Å². The first-order chi connectivity index (χ1) is 14.5. The molecule has 0 aliphatic rings. The predicted octanol–water partition coefficient (Wildman–Crippen LogP) is 4.78. The van der Waals surface area contributed by atoms with Crippen LogP contribution >= 0.6 is 0 Å². The van der Waals surface area contributed by atoms with Gasteiger partial charge in [0.15, 0.2) is 28.2 Å². The van der Waals surface area contributed by atoms with Crippen LogP contribution in [0.15, 0.2) is 64.0 Å². The Hall–Kier alpha value is -4.00. The molecule has 2 aromatic carbocycles. The van der Waals surface area contributed by atoms with E-state index in [1.54, 1.807) is 13.2 Å². The van der Waals surface area contributed by atoms with Crippen LogP contribution in [-0.2, 0) is 0 Å². The lowest BCUT2D eigenvalue weighted by molar-refractivity contribution is 0.320. The van der Waals surface area contributed by atoms with Crippen LogP contribution in [0, 0.1) is 0 Å². The minimum Gasteiger partial charge on any atom is -0.493 e. The van der Waals surface area contributed by atoms with Crippen LogP contribution in [-0.4, -0.2) is 28.9 Å². The van der Waals surface area contributed by atoms with E-state index in [0.29, 0.717) is 40.4 Å². The molecule has 0 fully saturated rings. The number of rotatable bonds is 5. The highest BCUT2D eigenvalue weighted by molar-refractivity contribution is 6.14. The van der Waals surface area contributed by atoms with Crippen LogP contribution in [0.1, 0.15) is 6.92 Å². The molecule has 3 aromatic heterocycles. The molecule has 0 saturated carbocycles. The number of nitrogens with zero attached hydrogens (tertiary/aromatic N) is 1. The zero-order valence-electron chi connectivity index (χ0n) is 16.5. The smallest absolute Gasteiger partial charge is 0.182 e. The number of furan rings is 1. The standard InChI is InChI=1S/C23H19N3O4/c1-12(2)11-29-17-7-4-13(8-19(17)28-3)20-16-10-24-26-23(16)25-21-15-6-5-14(27)9-18(15)30-22(20)21/h4-10H,1,11H2,2-3H3,(H2,24,25,26). The summed E-state index contributed by atoms with van der Waals surface area (Å²) in [7, 11) is 1.60. The lowest BCUT2D eigenvalue weighted by atomic mass is 10.0. The lowest BCUT2D eigenvalue weighted by Gasteiger charge is -2.13. The first kappa shape index (κ1) is 18.1. The zero-order chi connectivity index (χ0) is 20.8. The molecule has 30 heavy (non-hydrogen) atoms. The third-order valence-corrected chi connectivity index (χ3v) is 4.94. The third kappa shape index (κ3) is 2.83. The van der Waals surface area contributed by atoms with Gasteiger partial charge in [-0.25, -0.2) is 4.98 Å². The average molecular weight is 401 g/mol. The Bertz CT molecular complexity index is 1490. The molecule has 0 radical (unpaired) electrons. The average Bonchev–Trinajstić information content (AvgIpc) is 3.34. The largest absolute Gasteiger partial charge is 0.493 e. The van der Waals surface area contributed by atoms with Gasteiger partial charge in [-0.3, -0.25) is 9.89 Å². The van der Waals surface area contributed by atoms with Gasteiger partial charge in [-0.2, -0.15) is 0 Å². The molecule has 150 valence electrons. The highest BCUT2D eigenvalue weighted by Gasteiger charge is 2.20. The topological polar surface area (TPSA) is 93.1 Å². The number of ether oxygens (including phenoxy) is 2. The number of aromatic nitrogens is 3. The second-order valence-corrected chi connectivity index (χ2v) is 7.21. The number of hydrogen-bond donors (Lipinski definition) is 2. The first-order valence-electron chi connectivity index (χ1n) is 9.43. The highest BCUT2D eigenvalue weighted by Crippen LogP contribution is 2.41. The van der Waals surface area contributed by atoms with Crippen molar-refractivity contribution in [3.63, 3.8) is 0 Å². The first-order valence-corrected chi connectivity index (χ1v) is 9.43. The predicted molar refractivity (Wildman–Crippen MR) is 116 cm³/mol. The quantitative estimate of drug-likeness (QED) is 0.413. The molecule has 5 aromatic rings. The van der Waals surface area contributed by atoms with E-state index in [0.717, 1.165) is 27.5 Å². The van der Waals surface area contributed by atoms with Crippen molar-refractivity contribution < 1.29 is 13.9 Å². The van der Waals surface area contributed by atoms with E-state index >= 15 is 0 Å². The van der Waals surface area contributed by atoms with Crippen LogP contribution in [0.5, 0.6) is 11.5 Å². The summed E-state index contributed by atoms with van der Waals surface area (Å²) in [6.07, 6.45) is 1.83. The second-order valence-electron chi connectivity index (χ2n) is 7.21. The number of pyridine rings is 1. The van der Waals surface area contributed by atoms with Crippen molar-refractivity contribution in [2.24, 2.45) is 0 Å². The van der Waals surface area contributed by atoms with E-state index in [1.807, 2.05) is 31.3 Å². The van der Waals surface area contributed by atoms with Crippen molar-refractivity contribution in [1.82, 2.24) is 15.2 Å². The number of methoxy groups -OCH3 is 1. The molecule has 0 bridgehead atoms. The summed E-state index contributed by atoms with van der Waals surface area (Å²) < 4.78 is 17.5. The Kier molecular flexibility index (Phi) is 4.10. The molecule has 0 aliphatic carbocycles. The van der Waals surface area contributed by atoms with Crippen molar-refractivity contribution in [3.8, 4) is 22.6 Å². The maximum absolute atomic E-state index is 11.8. The van der Waals surface area contributed by atoms with Crippen molar-refractivity contribution in [3.05, 3.63) is 65.0 Å². The van der Waals surface area contributed by atoms with Crippen LogP contribution < -0.4 is 14.9 Å². The fourth-order valence-corrected chi connectivity index (χ4v) is 3.60. The van der Waals surface area contributed by atoms with E-state index in [1.165, 1.54) is 12.1 Å². The zero-order valence-corrected chi connectivity index (χ0v) is 16.5. The molecule has 7 heteroatoms. The molecule has 0 amide bonds. The molecular weight excluding hydrogens is 382 g/mol. The summed E-state index contributed by atoms with van der Waals surface area (Å²) in [6, 6.07) is 10.5.